The largest absolute Gasteiger partial charge is 0.465 e. The molecular weight excluding hydrogens is 567 g/mol. The van der Waals surface area contributed by atoms with Gasteiger partial charge in [0, 0.05) is 6.42 Å². The molecule has 0 fully saturated rings. The van der Waals surface area contributed by atoms with Crippen molar-refractivity contribution < 1.29 is 66.6 Å². The number of halogens is 13. The highest BCUT2D eigenvalue weighted by molar-refractivity contribution is 5.76. The van der Waals surface area contributed by atoms with Gasteiger partial charge in [-0.2, -0.15) is 57.1 Å². The van der Waals surface area contributed by atoms with Crippen LogP contribution >= 0.6 is 0 Å². The number of ether oxygens (including phenoxy) is 1. The Hall–Kier alpha value is -1.44. The number of esters is 1. The quantitative estimate of drug-likeness (QED) is 0.138. The van der Waals surface area contributed by atoms with Crippen molar-refractivity contribution in [2.24, 2.45) is 22.7 Å². The third kappa shape index (κ3) is 7.26. The van der Waals surface area contributed by atoms with Crippen molar-refractivity contribution in [1.29, 1.82) is 0 Å². The van der Waals surface area contributed by atoms with Gasteiger partial charge in [-0.15, -0.1) is 0 Å². The van der Waals surface area contributed by atoms with Gasteiger partial charge in [0.2, 0.25) is 0 Å². The average molecular weight is 603 g/mol. The van der Waals surface area contributed by atoms with Crippen LogP contribution in [0.4, 0.5) is 57.1 Å². The second kappa shape index (κ2) is 11.8. The van der Waals surface area contributed by atoms with Crippen molar-refractivity contribution in [2.45, 2.75) is 116 Å². The number of carbonyl (C=O) groups is 1. The first-order chi connectivity index (χ1) is 17.0. The Bertz CT molecular complexity index is 821. The molecule has 0 saturated carbocycles. The Labute approximate surface area is 219 Å². The van der Waals surface area contributed by atoms with Crippen LogP contribution in [-0.4, -0.2) is 48.4 Å². The fourth-order valence-electron chi connectivity index (χ4n) is 3.76. The predicted octanol–water partition coefficient (Wildman–Crippen LogP) is 9.56. The van der Waals surface area contributed by atoms with E-state index in [-0.39, 0.29) is 11.8 Å². The van der Waals surface area contributed by atoms with Gasteiger partial charge in [0.05, 0.1) is 12.0 Å². The van der Waals surface area contributed by atoms with Gasteiger partial charge >= 0.3 is 41.8 Å². The van der Waals surface area contributed by atoms with E-state index in [1.165, 1.54) is 0 Å². The summed E-state index contributed by atoms with van der Waals surface area (Å²) in [5.74, 6) is -37.9. The van der Waals surface area contributed by atoms with E-state index >= 15 is 0 Å². The molecule has 0 saturated heterocycles. The van der Waals surface area contributed by atoms with Crippen molar-refractivity contribution in [1.82, 2.24) is 0 Å². The fraction of sp³-hybridized carbons (Fsp3) is 0.958. The molecule has 0 aromatic carbocycles. The topological polar surface area (TPSA) is 26.3 Å². The summed E-state index contributed by atoms with van der Waals surface area (Å²) >= 11 is 0. The molecule has 3 atom stereocenters. The van der Waals surface area contributed by atoms with Crippen molar-refractivity contribution in [3.05, 3.63) is 0 Å². The van der Waals surface area contributed by atoms with Crippen LogP contribution < -0.4 is 0 Å². The third-order valence-corrected chi connectivity index (χ3v) is 7.34. The van der Waals surface area contributed by atoms with Crippen molar-refractivity contribution in [3.8, 4) is 0 Å². The molecule has 0 radical (unpaired) electrons. The van der Waals surface area contributed by atoms with E-state index in [1.54, 1.807) is 13.8 Å². The van der Waals surface area contributed by atoms with Gasteiger partial charge in [-0.1, -0.05) is 54.4 Å². The first kappa shape index (κ1) is 37.6. The molecule has 0 amide bonds. The van der Waals surface area contributed by atoms with E-state index in [9.17, 15) is 61.9 Å². The predicted molar refractivity (Wildman–Crippen MR) is 116 cm³/mol. The summed E-state index contributed by atoms with van der Waals surface area (Å²) in [6, 6.07) is 0. The smallest absolute Gasteiger partial charge is 0.460 e. The Kier molecular flexibility index (Phi) is 11.4. The van der Waals surface area contributed by atoms with Crippen molar-refractivity contribution in [3.63, 3.8) is 0 Å². The molecular formula is C24H35F13O2. The lowest BCUT2D eigenvalue weighted by molar-refractivity contribution is -0.440. The molecule has 2 nitrogen and oxygen atoms in total. The third-order valence-electron chi connectivity index (χ3n) is 7.34. The Morgan fingerprint density at radius 2 is 1.10 bits per heavy atom. The normalized spacial score (nSPS) is 17.9. The molecule has 0 aromatic rings. The van der Waals surface area contributed by atoms with Crippen LogP contribution in [0.5, 0.6) is 0 Å². The molecule has 3 unspecified atom stereocenters. The molecule has 234 valence electrons. The minimum absolute atomic E-state index is 0.0787. The molecule has 0 bridgehead atoms. The minimum atomic E-state index is -7.92. The molecule has 0 aliphatic rings. The van der Waals surface area contributed by atoms with Crippen LogP contribution in [-0.2, 0) is 9.53 Å². The highest BCUT2D eigenvalue weighted by Gasteiger charge is 2.90. The summed E-state index contributed by atoms with van der Waals surface area (Å²) in [5, 5.41) is 0. The van der Waals surface area contributed by atoms with E-state index in [0.717, 1.165) is 13.8 Å². The second-order valence-corrected chi connectivity index (χ2v) is 11.2. The summed E-state index contributed by atoms with van der Waals surface area (Å²) in [6.45, 7) is 10.5. The standard InChI is InChI=1S/C24H35F13O2/c1-8-14(3)12-18(7,15(4)9-2)16(38)39-13-17(5,6)10-11-19(25,26)20(27,28)21(29,30)22(31,32)23(33,34)24(35,36)37/h14-15H,8-13H2,1-7H3. The van der Waals surface area contributed by atoms with E-state index < -0.39 is 72.0 Å². The van der Waals surface area contributed by atoms with Gasteiger partial charge in [0.1, 0.15) is 0 Å². The molecule has 0 aliphatic heterocycles. The summed E-state index contributed by atoms with van der Waals surface area (Å²) in [4.78, 5) is 12.9. The highest BCUT2D eigenvalue weighted by Crippen LogP contribution is 2.61. The van der Waals surface area contributed by atoms with Crippen LogP contribution in [0.2, 0.25) is 0 Å². The summed E-state index contributed by atoms with van der Waals surface area (Å²) in [5.41, 5.74) is -2.68. The van der Waals surface area contributed by atoms with E-state index in [2.05, 4.69) is 0 Å². The maximum absolute atomic E-state index is 14.2. The lowest BCUT2D eigenvalue weighted by atomic mass is 9.70. The van der Waals surface area contributed by atoms with E-state index in [4.69, 9.17) is 4.74 Å². The van der Waals surface area contributed by atoms with Crippen LogP contribution in [0.15, 0.2) is 0 Å². The second-order valence-electron chi connectivity index (χ2n) is 11.2. The van der Waals surface area contributed by atoms with Gasteiger partial charge in [-0.25, -0.2) is 0 Å². The summed E-state index contributed by atoms with van der Waals surface area (Å²) < 4.78 is 178. The first-order valence-electron chi connectivity index (χ1n) is 12.2. The molecule has 0 heterocycles. The maximum atomic E-state index is 14.2. The lowest BCUT2D eigenvalue weighted by Gasteiger charge is -2.40. The monoisotopic (exact) mass is 602 g/mol. The van der Waals surface area contributed by atoms with Crippen molar-refractivity contribution in [2.75, 3.05) is 6.61 Å². The van der Waals surface area contributed by atoms with Crippen molar-refractivity contribution >= 4 is 5.97 Å². The van der Waals surface area contributed by atoms with Gasteiger partial charge in [0.15, 0.2) is 0 Å². The number of hydrogen-bond acceptors (Lipinski definition) is 2. The summed E-state index contributed by atoms with van der Waals surface area (Å²) in [7, 11) is 0. The van der Waals surface area contributed by atoms with Crippen LogP contribution in [0, 0.1) is 22.7 Å². The number of rotatable bonds is 15. The van der Waals surface area contributed by atoms with Crippen LogP contribution in [0.1, 0.15) is 80.6 Å². The molecule has 0 aliphatic carbocycles. The highest BCUT2D eigenvalue weighted by atomic mass is 19.4. The first-order valence-corrected chi connectivity index (χ1v) is 12.2. The van der Waals surface area contributed by atoms with Crippen LogP contribution in [0.3, 0.4) is 0 Å². The number of hydrogen-bond donors (Lipinski definition) is 0. The maximum Gasteiger partial charge on any atom is 0.460 e. The fourth-order valence-corrected chi connectivity index (χ4v) is 3.76. The number of carbonyl (C=O) groups excluding carboxylic acids is 1. The van der Waals surface area contributed by atoms with Gasteiger partial charge in [-0.05, 0) is 37.0 Å². The molecule has 0 N–H and O–H groups in total. The lowest BCUT2D eigenvalue weighted by Crippen LogP contribution is -2.70. The van der Waals surface area contributed by atoms with Gasteiger partial charge in [-0.3, -0.25) is 4.79 Å². The SMILES string of the molecule is CCC(C)CC(C)(C(=O)OCC(C)(C)CCC(F)(F)C(F)(F)C(F)(F)C(F)(F)C(F)(F)C(F)(F)F)C(C)CC. The Morgan fingerprint density at radius 1 is 0.667 bits per heavy atom. The van der Waals surface area contributed by atoms with E-state index in [0.29, 0.717) is 19.3 Å². The van der Waals surface area contributed by atoms with Gasteiger partial charge in [0.25, 0.3) is 0 Å². The average Bonchev–Trinajstić information content (AvgIpc) is 2.79. The zero-order valence-electron chi connectivity index (χ0n) is 22.6. The Balaban J connectivity index is 5.81. The zero-order valence-corrected chi connectivity index (χ0v) is 22.6. The molecule has 39 heavy (non-hydrogen) atoms. The van der Waals surface area contributed by atoms with E-state index in [1.807, 2.05) is 20.8 Å². The van der Waals surface area contributed by atoms with Crippen LogP contribution in [0.25, 0.3) is 0 Å². The minimum Gasteiger partial charge on any atom is -0.465 e. The summed E-state index contributed by atoms with van der Waals surface area (Å²) in [6.07, 6.45) is -9.32. The van der Waals surface area contributed by atoms with Gasteiger partial charge < -0.3 is 4.74 Å². The molecule has 0 rings (SSSR count). The Morgan fingerprint density at radius 3 is 1.49 bits per heavy atom. The number of alkyl halides is 13. The molecule has 0 aromatic heterocycles. The molecule has 0 spiro atoms. The molecule has 15 heteroatoms. The zero-order chi connectivity index (χ0) is 31.7.